The predicted molar refractivity (Wildman–Crippen MR) is 39.5 cm³/mol. The van der Waals surface area contributed by atoms with Gasteiger partial charge in [0, 0.05) is 11.5 Å². The molecule has 0 amide bonds. The van der Waals surface area contributed by atoms with E-state index in [2.05, 4.69) is 0 Å². The molecule has 0 heterocycles. The highest BCUT2D eigenvalue weighted by molar-refractivity contribution is 6.29. The molecule has 0 spiro atoms. The van der Waals surface area contributed by atoms with E-state index in [9.17, 15) is 4.79 Å². The molecular formula is C7H11ClO. The third-order valence-corrected chi connectivity index (χ3v) is 1.08. The minimum atomic E-state index is 0.212. The first-order valence-electron chi connectivity index (χ1n) is 2.94. The number of hydrogen-bond acceptors (Lipinski definition) is 1. The van der Waals surface area contributed by atoms with Crippen LogP contribution in [0.2, 0.25) is 0 Å². The van der Waals surface area contributed by atoms with E-state index in [1.807, 2.05) is 13.0 Å². The number of hydrogen-bond donors (Lipinski definition) is 0. The summed E-state index contributed by atoms with van der Waals surface area (Å²) in [4.78, 5) is 10.4. The summed E-state index contributed by atoms with van der Waals surface area (Å²) in [5.41, 5.74) is 0. The van der Waals surface area contributed by atoms with Crippen LogP contribution in [-0.4, -0.2) is 5.78 Å². The van der Waals surface area contributed by atoms with Gasteiger partial charge in [0.2, 0.25) is 0 Å². The standard InChI is InChI=1S/C7H11ClO/c1-6(8)4-3-5-7(2)9/h4H,3,5H2,1-2H3/b6-4-. The van der Waals surface area contributed by atoms with Crippen LogP contribution in [0.15, 0.2) is 11.1 Å². The number of carbonyl (C=O) groups is 1. The smallest absolute Gasteiger partial charge is 0.130 e. The number of ketones is 1. The summed E-state index contributed by atoms with van der Waals surface area (Å²) in [6, 6.07) is 0. The van der Waals surface area contributed by atoms with Gasteiger partial charge in [0.1, 0.15) is 5.78 Å². The van der Waals surface area contributed by atoms with Gasteiger partial charge in [-0.15, -0.1) is 0 Å². The van der Waals surface area contributed by atoms with E-state index in [4.69, 9.17) is 11.6 Å². The topological polar surface area (TPSA) is 17.1 Å². The van der Waals surface area contributed by atoms with E-state index < -0.39 is 0 Å². The first kappa shape index (κ1) is 8.70. The molecule has 0 aliphatic heterocycles. The van der Waals surface area contributed by atoms with E-state index in [-0.39, 0.29) is 5.78 Å². The fraction of sp³-hybridized carbons (Fsp3) is 0.571. The van der Waals surface area contributed by atoms with Crippen molar-refractivity contribution in [1.29, 1.82) is 0 Å². The highest BCUT2D eigenvalue weighted by Crippen LogP contribution is 2.01. The lowest BCUT2D eigenvalue weighted by Gasteiger charge is -1.87. The summed E-state index contributed by atoms with van der Waals surface area (Å²) >= 11 is 5.51. The van der Waals surface area contributed by atoms with Crippen molar-refractivity contribution in [3.63, 3.8) is 0 Å². The Hall–Kier alpha value is -0.300. The number of carbonyl (C=O) groups excluding carboxylic acids is 1. The molecule has 0 aromatic carbocycles. The third-order valence-electron chi connectivity index (χ3n) is 0.922. The molecule has 0 aromatic rings. The van der Waals surface area contributed by atoms with Crippen molar-refractivity contribution < 1.29 is 4.79 Å². The fourth-order valence-corrected chi connectivity index (χ4v) is 0.583. The molecule has 0 unspecified atom stereocenters. The van der Waals surface area contributed by atoms with Crippen molar-refractivity contribution in [3.05, 3.63) is 11.1 Å². The van der Waals surface area contributed by atoms with E-state index in [1.54, 1.807) is 6.92 Å². The maximum absolute atomic E-state index is 10.4. The monoisotopic (exact) mass is 146 g/mol. The molecule has 0 fully saturated rings. The van der Waals surface area contributed by atoms with Gasteiger partial charge in [-0.1, -0.05) is 17.7 Å². The quantitative estimate of drug-likeness (QED) is 0.598. The molecule has 0 radical (unpaired) electrons. The number of allylic oxidation sites excluding steroid dienone is 2. The Morgan fingerprint density at radius 1 is 1.56 bits per heavy atom. The Bertz CT molecular complexity index is 123. The Kier molecular flexibility index (Phi) is 4.41. The van der Waals surface area contributed by atoms with Crippen molar-refractivity contribution in [2.24, 2.45) is 0 Å². The second-order valence-electron chi connectivity index (χ2n) is 2.03. The second-order valence-corrected chi connectivity index (χ2v) is 2.63. The van der Waals surface area contributed by atoms with Crippen LogP contribution in [0.4, 0.5) is 0 Å². The number of Topliss-reactive ketones (excluding diaryl/α,β-unsaturated/α-hetero) is 1. The van der Waals surface area contributed by atoms with Crippen molar-refractivity contribution in [3.8, 4) is 0 Å². The molecule has 0 saturated carbocycles. The zero-order valence-corrected chi connectivity index (χ0v) is 6.53. The van der Waals surface area contributed by atoms with Crippen molar-refractivity contribution in [2.45, 2.75) is 26.7 Å². The lowest BCUT2D eigenvalue weighted by atomic mass is 10.2. The van der Waals surface area contributed by atoms with E-state index in [0.717, 1.165) is 11.5 Å². The number of rotatable bonds is 3. The highest BCUT2D eigenvalue weighted by atomic mass is 35.5. The first-order valence-corrected chi connectivity index (χ1v) is 3.32. The molecule has 0 bridgehead atoms. The van der Waals surface area contributed by atoms with Crippen LogP contribution < -0.4 is 0 Å². The maximum atomic E-state index is 10.4. The van der Waals surface area contributed by atoms with Gasteiger partial charge in [0.05, 0.1) is 0 Å². The third kappa shape index (κ3) is 7.70. The van der Waals surface area contributed by atoms with Crippen LogP contribution in [0.25, 0.3) is 0 Å². The molecule has 9 heavy (non-hydrogen) atoms. The Morgan fingerprint density at radius 3 is 2.44 bits per heavy atom. The van der Waals surface area contributed by atoms with E-state index >= 15 is 0 Å². The van der Waals surface area contributed by atoms with Crippen LogP contribution in [0, 0.1) is 0 Å². The molecule has 0 aromatic heterocycles. The molecular weight excluding hydrogens is 136 g/mol. The van der Waals surface area contributed by atoms with Gasteiger partial charge in [0.25, 0.3) is 0 Å². The highest BCUT2D eigenvalue weighted by Gasteiger charge is 1.88. The minimum Gasteiger partial charge on any atom is -0.300 e. The second kappa shape index (κ2) is 4.57. The minimum absolute atomic E-state index is 0.212. The predicted octanol–water partition coefficient (Wildman–Crippen LogP) is 2.50. The fourth-order valence-electron chi connectivity index (χ4n) is 0.474. The average molecular weight is 147 g/mol. The number of halogens is 1. The van der Waals surface area contributed by atoms with Crippen molar-refractivity contribution in [2.75, 3.05) is 0 Å². The van der Waals surface area contributed by atoms with Crippen LogP contribution >= 0.6 is 11.6 Å². The molecule has 0 N–H and O–H groups in total. The van der Waals surface area contributed by atoms with Crippen molar-refractivity contribution in [1.82, 2.24) is 0 Å². The van der Waals surface area contributed by atoms with Gasteiger partial charge < -0.3 is 4.79 Å². The summed E-state index contributed by atoms with van der Waals surface area (Å²) in [6.45, 7) is 3.39. The Balaban J connectivity index is 3.31. The van der Waals surface area contributed by atoms with Crippen LogP contribution in [0.1, 0.15) is 26.7 Å². The van der Waals surface area contributed by atoms with Gasteiger partial charge >= 0.3 is 0 Å². The normalized spacial score (nSPS) is 11.7. The zero-order valence-electron chi connectivity index (χ0n) is 5.78. The molecule has 0 aliphatic rings. The van der Waals surface area contributed by atoms with Crippen LogP contribution in [0.5, 0.6) is 0 Å². The first-order chi connectivity index (χ1) is 4.13. The van der Waals surface area contributed by atoms with Gasteiger partial charge in [-0.3, -0.25) is 0 Å². The van der Waals surface area contributed by atoms with Crippen LogP contribution in [0.3, 0.4) is 0 Å². The average Bonchev–Trinajstić information content (AvgIpc) is 1.63. The largest absolute Gasteiger partial charge is 0.300 e. The zero-order chi connectivity index (χ0) is 7.28. The molecule has 2 heteroatoms. The lowest BCUT2D eigenvalue weighted by Crippen LogP contribution is -1.86. The van der Waals surface area contributed by atoms with Gasteiger partial charge in [-0.2, -0.15) is 0 Å². The van der Waals surface area contributed by atoms with Gasteiger partial charge in [-0.05, 0) is 20.3 Å². The Morgan fingerprint density at radius 2 is 2.11 bits per heavy atom. The van der Waals surface area contributed by atoms with Crippen LogP contribution in [-0.2, 0) is 4.79 Å². The Labute approximate surface area is 60.7 Å². The molecule has 0 atom stereocenters. The summed E-state index contributed by atoms with van der Waals surface area (Å²) in [5, 5.41) is 0.760. The lowest BCUT2D eigenvalue weighted by molar-refractivity contribution is -0.116. The summed E-state index contributed by atoms with van der Waals surface area (Å²) in [5.74, 6) is 0.212. The van der Waals surface area contributed by atoms with Gasteiger partial charge in [0.15, 0.2) is 0 Å². The molecule has 52 valence electrons. The van der Waals surface area contributed by atoms with E-state index in [0.29, 0.717) is 6.42 Å². The summed E-state index contributed by atoms with van der Waals surface area (Å²) in [6.07, 6.45) is 3.22. The SMILES string of the molecule is CC(=O)CC/C=C(/C)Cl. The molecule has 0 aliphatic carbocycles. The maximum Gasteiger partial charge on any atom is 0.130 e. The molecule has 0 rings (SSSR count). The van der Waals surface area contributed by atoms with Crippen molar-refractivity contribution >= 4 is 17.4 Å². The summed E-state index contributed by atoms with van der Waals surface area (Å²) < 4.78 is 0. The summed E-state index contributed by atoms with van der Waals surface area (Å²) in [7, 11) is 0. The molecule has 1 nitrogen and oxygen atoms in total. The van der Waals surface area contributed by atoms with Gasteiger partial charge in [-0.25, -0.2) is 0 Å². The molecule has 0 saturated heterocycles. The van der Waals surface area contributed by atoms with E-state index in [1.165, 1.54) is 0 Å².